The molecule has 0 aromatic carbocycles. The van der Waals surface area contributed by atoms with Crippen LogP contribution in [0.1, 0.15) is 37.1 Å². The lowest BCUT2D eigenvalue weighted by molar-refractivity contribution is 0.0768. The minimum absolute atomic E-state index is 0.0623. The molecule has 2 aliphatic rings. The number of aliphatic hydroxyl groups is 1. The maximum absolute atomic E-state index is 13.0. The van der Waals surface area contributed by atoms with Crippen LogP contribution in [0.2, 0.25) is 0 Å². The smallest absolute Gasteiger partial charge is 0.247 e. The van der Waals surface area contributed by atoms with Gasteiger partial charge < -0.3 is 5.11 Å². The third-order valence-electron chi connectivity index (χ3n) is 4.62. The Balaban J connectivity index is 2.05. The molecule has 1 aromatic rings. The largest absolute Gasteiger partial charge is 0.393 e. The van der Waals surface area contributed by atoms with Crippen LogP contribution in [0.25, 0.3) is 0 Å². The zero-order valence-electron chi connectivity index (χ0n) is 12.1. The second-order valence-electron chi connectivity index (χ2n) is 5.97. The molecule has 3 heterocycles. The van der Waals surface area contributed by atoms with E-state index in [0.717, 1.165) is 12.8 Å². The van der Waals surface area contributed by atoms with Crippen molar-refractivity contribution in [3.05, 3.63) is 11.4 Å². The van der Waals surface area contributed by atoms with Crippen LogP contribution in [0.15, 0.2) is 4.90 Å². The molecule has 0 radical (unpaired) electrons. The number of aliphatic hydroxyl groups excluding tert-OH is 1. The highest BCUT2D eigenvalue weighted by molar-refractivity contribution is 7.89. The Labute approximate surface area is 119 Å². The van der Waals surface area contributed by atoms with Gasteiger partial charge in [-0.1, -0.05) is 0 Å². The Hall–Kier alpha value is -0.920. The molecule has 0 spiro atoms. The molecule has 6 nitrogen and oxygen atoms in total. The fourth-order valence-corrected chi connectivity index (χ4v) is 6.03. The van der Waals surface area contributed by atoms with Gasteiger partial charge in [-0.3, -0.25) is 4.68 Å². The molecular weight excluding hydrogens is 278 g/mol. The number of sulfonamides is 1. The average molecular weight is 299 g/mol. The van der Waals surface area contributed by atoms with Crippen LogP contribution in [0.3, 0.4) is 0 Å². The van der Waals surface area contributed by atoms with Gasteiger partial charge in [-0.2, -0.15) is 9.40 Å². The number of rotatable bonds is 2. The summed E-state index contributed by atoms with van der Waals surface area (Å²) in [6.45, 7) is 3.52. The topological polar surface area (TPSA) is 75.4 Å². The zero-order valence-corrected chi connectivity index (χ0v) is 12.9. The first-order valence-electron chi connectivity index (χ1n) is 7.04. The first-order chi connectivity index (χ1) is 9.32. The Morgan fingerprint density at radius 3 is 2.20 bits per heavy atom. The van der Waals surface area contributed by atoms with Crippen molar-refractivity contribution in [3.63, 3.8) is 0 Å². The molecule has 0 aliphatic carbocycles. The maximum atomic E-state index is 13.0. The van der Waals surface area contributed by atoms with E-state index < -0.39 is 10.0 Å². The molecule has 112 valence electrons. The standard InChI is InChI=1S/C13H21N3O3S/c1-8-13(9(2)15(3)14-8)20(18,19)16-10-4-5-11(16)7-12(17)6-10/h10-12,17H,4-7H2,1-3H3. The van der Waals surface area contributed by atoms with E-state index in [4.69, 9.17) is 0 Å². The molecule has 2 saturated heterocycles. The molecular formula is C13H21N3O3S. The van der Waals surface area contributed by atoms with E-state index in [1.165, 1.54) is 0 Å². The molecule has 0 amide bonds. The second kappa shape index (κ2) is 4.54. The zero-order chi connectivity index (χ0) is 14.7. The van der Waals surface area contributed by atoms with Gasteiger partial charge in [0.15, 0.2) is 0 Å². The number of hydrogen-bond donors (Lipinski definition) is 1. The van der Waals surface area contributed by atoms with E-state index in [2.05, 4.69) is 5.10 Å². The van der Waals surface area contributed by atoms with E-state index >= 15 is 0 Å². The summed E-state index contributed by atoms with van der Waals surface area (Å²) in [7, 11) is -1.76. The molecule has 7 heteroatoms. The summed E-state index contributed by atoms with van der Waals surface area (Å²) in [6.07, 6.45) is 2.43. The lowest BCUT2D eigenvalue weighted by Crippen LogP contribution is -2.48. The van der Waals surface area contributed by atoms with Gasteiger partial charge in [-0.25, -0.2) is 8.42 Å². The lowest BCUT2D eigenvalue weighted by atomic mass is 10.0. The monoisotopic (exact) mass is 299 g/mol. The first kappa shape index (κ1) is 14.0. The van der Waals surface area contributed by atoms with E-state index in [1.807, 2.05) is 0 Å². The first-order valence-corrected chi connectivity index (χ1v) is 8.48. The molecule has 2 aliphatic heterocycles. The van der Waals surface area contributed by atoms with E-state index in [0.29, 0.717) is 29.1 Å². The van der Waals surface area contributed by atoms with Crippen molar-refractivity contribution in [2.24, 2.45) is 7.05 Å². The van der Waals surface area contributed by atoms with Crippen molar-refractivity contribution >= 4 is 10.0 Å². The molecule has 0 saturated carbocycles. The summed E-state index contributed by atoms with van der Waals surface area (Å²) in [6, 6.07) is -0.125. The number of fused-ring (bicyclic) bond motifs is 2. The SMILES string of the molecule is Cc1nn(C)c(C)c1S(=O)(=O)N1C2CCC1CC(O)C2. The molecule has 1 N–H and O–H groups in total. The van der Waals surface area contributed by atoms with Gasteiger partial charge in [-0.15, -0.1) is 0 Å². The van der Waals surface area contributed by atoms with E-state index in [9.17, 15) is 13.5 Å². The van der Waals surface area contributed by atoms with Crippen LogP contribution in [0, 0.1) is 13.8 Å². The van der Waals surface area contributed by atoms with Crippen molar-refractivity contribution in [2.75, 3.05) is 0 Å². The summed E-state index contributed by atoms with van der Waals surface area (Å²) < 4.78 is 29.3. The third-order valence-corrected chi connectivity index (χ3v) is 6.88. The predicted octanol–water partition coefficient (Wildman–Crippen LogP) is 0.713. The van der Waals surface area contributed by atoms with Gasteiger partial charge in [0.2, 0.25) is 10.0 Å². The van der Waals surface area contributed by atoms with Crippen LogP contribution in [-0.2, 0) is 17.1 Å². The summed E-state index contributed by atoms with van der Waals surface area (Å²) in [5.74, 6) is 0. The van der Waals surface area contributed by atoms with Crippen LogP contribution in [0.5, 0.6) is 0 Å². The van der Waals surface area contributed by atoms with Crippen LogP contribution in [-0.4, -0.2) is 45.8 Å². The molecule has 2 unspecified atom stereocenters. The Morgan fingerprint density at radius 1 is 1.20 bits per heavy atom. The lowest BCUT2D eigenvalue weighted by Gasteiger charge is -2.36. The van der Waals surface area contributed by atoms with Crippen molar-refractivity contribution < 1.29 is 13.5 Å². The Morgan fingerprint density at radius 2 is 1.75 bits per heavy atom. The Kier molecular flexibility index (Phi) is 3.19. The van der Waals surface area contributed by atoms with Gasteiger partial charge in [0, 0.05) is 19.1 Å². The number of piperidine rings is 1. The highest BCUT2D eigenvalue weighted by Crippen LogP contribution is 2.40. The normalized spacial score (nSPS) is 30.9. The fourth-order valence-electron chi connectivity index (χ4n) is 3.73. The molecule has 3 rings (SSSR count). The van der Waals surface area contributed by atoms with Crippen molar-refractivity contribution in [3.8, 4) is 0 Å². The number of aryl methyl sites for hydroxylation is 2. The molecule has 1 aromatic heterocycles. The van der Waals surface area contributed by atoms with Gasteiger partial charge in [0.1, 0.15) is 4.90 Å². The van der Waals surface area contributed by atoms with Crippen LogP contribution in [0.4, 0.5) is 0 Å². The number of hydrogen-bond acceptors (Lipinski definition) is 4. The highest BCUT2D eigenvalue weighted by atomic mass is 32.2. The summed E-state index contributed by atoms with van der Waals surface area (Å²) >= 11 is 0. The van der Waals surface area contributed by atoms with Gasteiger partial charge in [-0.05, 0) is 39.5 Å². The summed E-state index contributed by atoms with van der Waals surface area (Å²) in [4.78, 5) is 0.341. The van der Waals surface area contributed by atoms with Crippen molar-refractivity contribution in [1.82, 2.24) is 14.1 Å². The highest BCUT2D eigenvalue weighted by Gasteiger charge is 2.48. The van der Waals surface area contributed by atoms with E-state index in [-0.39, 0.29) is 18.2 Å². The predicted molar refractivity (Wildman–Crippen MR) is 73.8 cm³/mol. The van der Waals surface area contributed by atoms with Gasteiger partial charge >= 0.3 is 0 Å². The van der Waals surface area contributed by atoms with E-state index in [1.54, 1.807) is 29.9 Å². The Bertz CT molecular complexity index is 624. The fraction of sp³-hybridized carbons (Fsp3) is 0.769. The number of nitrogens with zero attached hydrogens (tertiary/aromatic N) is 3. The summed E-state index contributed by atoms with van der Waals surface area (Å²) in [5, 5.41) is 14.0. The average Bonchev–Trinajstić information content (AvgIpc) is 2.76. The van der Waals surface area contributed by atoms with Crippen LogP contribution < -0.4 is 0 Å². The number of aromatic nitrogens is 2. The van der Waals surface area contributed by atoms with Gasteiger partial charge in [0.05, 0.1) is 17.5 Å². The molecule has 20 heavy (non-hydrogen) atoms. The third kappa shape index (κ3) is 1.91. The maximum Gasteiger partial charge on any atom is 0.247 e. The van der Waals surface area contributed by atoms with Gasteiger partial charge in [0.25, 0.3) is 0 Å². The minimum atomic E-state index is -3.52. The minimum Gasteiger partial charge on any atom is -0.393 e. The molecule has 2 atom stereocenters. The molecule has 2 fully saturated rings. The quantitative estimate of drug-likeness (QED) is 0.873. The van der Waals surface area contributed by atoms with Crippen molar-refractivity contribution in [1.29, 1.82) is 0 Å². The summed E-state index contributed by atoms with van der Waals surface area (Å²) in [5.41, 5.74) is 1.23. The second-order valence-corrected chi connectivity index (χ2v) is 7.75. The van der Waals surface area contributed by atoms with Crippen LogP contribution >= 0.6 is 0 Å². The molecule has 2 bridgehead atoms. The van der Waals surface area contributed by atoms with Crippen molar-refractivity contribution in [2.45, 2.75) is 62.6 Å².